The van der Waals surface area contributed by atoms with Gasteiger partial charge in [0, 0.05) is 6.54 Å². The van der Waals surface area contributed by atoms with Crippen molar-refractivity contribution in [1.82, 2.24) is 5.32 Å². The number of hydrogen-bond acceptors (Lipinski definition) is 3. The Hall–Kier alpha value is -2.26. The molecule has 0 amide bonds. The highest BCUT2D eigenvalue weighted by molar-refractivity contribution is 5.54. The molecule has 3 heteroatoms. The minimum atomic E-state index is 0.198. The van der Waals surface area contributed by atoms with E-state index in [1.54, 1.807) is 14.2 Å². The van der Waals surface area contributed by atoms with Crippen LogP contribution in [0.3, 0.4) is 0 Å². The number of rotatable bonds is 4. The van der Waals surface area contributed by atoms with Gasteiger partial charge in [-0.2, -0.15) is 0 Å². The van der Waals surface area contributed by atoms with Crippen LogP contribution < -0.4 is 14.8 Å². The third-order valence-electron chi connectivity index (χ3n) is 4.02. The van der Waals surface area contributed by atoms with Gasteiger partial charge in [0.05, 0.1) is 20.3 Å². The minimum Gasteiger partial charge on any atom is -0.493 e. The zero-order valence-electron chi connectivity index (χ0n) is 13.0. The Morgan fingerprint density at radius 2 is 1.77 bits per heavy atom. The van der Waals surface area contributed by atoms with Crippen LogP contribution in [0.25, 0.3) is 6.08 Å². The van der Waals surface area contributed by atoms with Crippen LogP contribution in [-0.4, -0.2) is 20.8 Å². The van der Waals surface area contributed by atoms with Crippen molar-refractivity contribution < 1.29 is 9.47 Å². The van der Waals surface area contributed by atoms with Gasteiger partial charge in [-0.1, -0.05) is 42.5 Å². The van der Waals surface area contributed by atoms with E-state index in [1.165, 1.54) is 16.7 Å². The van der Waals surface area contributed by atoms with Crippen LogP contribution in [-0.2, 0) is 6.42 Å². The minimum absolute atomic E-state index is 0.198. The predicted molar refractivity (Wildman–Crippen MR) is 89.5 cm³/mol. The maximum atomic E-state index is 5.44. The van der Waals surface area contributed by atoms with Crippen molar-refractivity contribution in [3.8, 4) is 11.5 Å². The molecule has 1 aliphatic rings. The molecule has 0 aliphatic carbocycles. The highest BCUT2D eigenvalue weighted by atomic mass is 16.5. The molecule has 1 aliphatic heterocycles. The third kappa shape index (κ3) is 3.00. The number of ether oxygens (including phenoxy) is 2. The quantitative estimate of drug-likeness (QED) is 0.935. The lowest BCUT2D eigenvalue weighted by molar-refractivity contribution is 0.353. The summed E-state index contributed by atoms with van der Waals surface area (Å²) in [6, 6.07) is 14.7. The first-order valence-electron chi connectivity index (χ1n) is 7.53. The molecule has 0 saturated carbocycles. The van der Waals surface area contributed by atoms with Gasteiger partial charge in [0.2, 0.25) is 0 Å². The zero-order valence-corrected chi connectivity index (χ0v) is 13.0. The summed E-state index contributed by atoms with van der Waals surface area (Å²) in [7, 11) is 3.35. The van der Waals surface area contributed by atoms with Crippen molar-refractivity contribution in [3.63, 3.8) is 0 Å². The molecule has 3 nitrogen and oxygen atoms in total. The lowest BCUT2D eigenvalue weighted by Crippen LogP contribution is -2.28. The Morgan fingerprint density at radius 1 is 1.05 bits per heavy atom. The van der Waals surface area contributed by atoms with Gasteiger partial charge in [0.25, 0.3) is 0 Å². The van der Waals surface area contributed by atoms with Crippen LogP contribution in [0, 0.1) is 0 Å². The first kappa shape index (κ1) is 14.7. The smallest absolute Gasteiger partial charge is 0.161 e. The van der Waals surface area contributed by atoms with E-state index in [4.69, 9.17) is 9.47 Å². The van der Waals surface area contributed by atoms with Crippen LogP contribution >= 0.6 is 0 Å². The summed E-state index contributed by atoms with van der Waals surface area (Å²) in [5, 5.41) is 3.55. The Bertz CT molecular complexity index is 665. The molecule has 0 fully saturated rings. The van der Waals surface area contributed by atoms with Gasteiger partial charge in [0.1, 0.15) is 0 Å². The van der Waals surface area contributed by atoms with Crippen molar-refractivity contribution in [2.75, 3.05) is 20.8 Å². The Kier molecular flexibility index (Phi) is 4.45. The summed E-state index contributed by atoms with van der Waals surface area (Å²) in [5.74, 6) is 1.58. The van der Waals surface area contributed by atoms with Crippen LogP contribution in [0.4, 0.5) is 0 Å². The molecule has 1 N–H and O–H groups in total. The second kappa shape index (κ2) is 6.67. The SMILES string of the molecule is COc1cc2c(cc1OC)[C@H](/C=C/c1ccccc1)NCC2. The Morgan fingerprint density at radius 3 is 2.50 bits per heavy atom. The number of hydrogen-bond donors (Lipinski definition) is 1. The molecule has 2 aromatic rings. The van der Waals surface area contributed by atoms with E-state index in [0.717, 1.165) is 24.5 Å². The van der Waals surface area contributed by atoms with E-state index >= 15 is 0 Å². The van der Waals surface area contributed by atoms with Gasteiger partial charge in [0.15, 0.2) is 11.5 Å². The summed E-state index contributed by atoms with van der Waals surface area (Å²) in [6.07, 6.45) is 5.37. The molecule has 22 heavy (non-hydrogen) atoms. The van der Waals surface area contributed by atoms with Gasteiger partial charge >= 0.3 is 0 Å². The van der Waals surface area contributed by atoms with E-state index < -0.39 is 0 Å². The predicted octanol–water partition coefficient (Wildman–Crippen LogP) is 3.60. The van der Waals surface area contributed by atoms with Crippen LogP contribution in [0.2, 0.25) is 0 Å². The second-order valence-corrected chi connectivity index (χ2v) is 5.36. The van der Waals surface area contributed by atoms with E-state index in [2.05, 4.69) is 53.9 Å². The molecule has 3 rings (SSSR count). The topological polar surface area (TPSA) is 30.5 Å². The number of fused-ring (bicyclic) bond motifs is 1. The molecule has 0 saturated heterocycles. The van der Waals surface area contributed by atoms with Crippen LogP contribution in [0.1, 0.15) is 22.7 Å². The standard InChI is InChI=1S/C19H21NO2/c1-21-18-12-15-10-11-20-17(16(15)13-19(18)22-2)9-8-14-6-4-3-5-7-14/h3-9,12-13,17,20H,10-11H2,1-2H3/b9-8+/t17-/m0/s1. The molecule has 0 aromatic heterocycles. The fraction of sp³-hybridized carbons (Fsp3) is 0.263. The van der Waals surface area contributed by atoms with Crippen molar-refractivity contribution >= 4 is 6.08 Å². The number of nitrogens with one attached hydrogen (secondary N) is 1. The Balaban J connectivity index is 1.92. The molecule has 1 atom stereocenters. The van der Waals surface area contributed by atoms with E-state index in [1.807, 2.05) is 6.07 Å². The average molecular weight is 295 g/mol. The second-order valence-electron chi connectivity index (χ2n) is 5.36. The summed E-state index contributed by atoms with van der Waals surface area (Å²) < 4.78 is 10.8. The largest absolute Gasteiger partial charge is 0.493 e. The highest BCUT2D eigenvalue weighted by Gasteiger charge is 2.20. The lowest BCUT2D eigenvalue weighted by Gasteiger charge is -2.26. The molecule has 114 valence electrons. The molecular formula is C19H21NO2. The zero-order chi connectivity index (χ0) is 15.4. The van der Waals surface area contributed by atoms with Crippen LogP contribution in [0.5, 0.6) is 11.5 Å². The van der Waals surface area contributed by atoms with Gasteiger partial charge in [-0.15, -0.1) is 0 Å². The molecule has 0 unspecified atom stereocenters. The normalized spacial score (nSPS) is 17.3. The fourth-order valence-electron chi connectivity index (χ4n) is 2.86. The first-order chi connectivity index (χ1) is 10.8. The average Bonchev–Trinajstić information content (AvgIpc) is 2.59. The van der Waals surface area contributed by atoms with Gasteiger partial charge in [-0.3, -0.25) is 0 Å². The fourth-order valence-corrected chi connectivity index (χ4v) is 2.86. The molecule has 1 heterocycles. The van der Waals surface area contributed by atoms with E-state index in [0.29, 0.717) is 0 Å². The van der Waals surface area contributed by atoms with Crippen molar-refractivity contribution in [2.45, 2.75) is 12.5 Å². The summed E-state index contributed by atoms with van der Waals surface area (Å²) in [4.78, 5) is 0. The summed E-state index contributed by atoms with van der Waals surface area (Å²) >= 11 is 0. The van der Waals surface area contributed by atoms with Gasteiger partial charge < -0.3 is 14.8 Å². The maximum absolute atomic E-state index is 5.44. The van der Waals surface area contributed by atoms with Crippen molar-refractivity contribution in [1.29, 1.82) is 0 Å². The van der Waals surface area contributed by atoms with Crippen LogP contribution in [0.15, 0.2) is 48.5 Å². The first-order valence-corrected chi connectivity index (χ1v) is 7.53. The highest BCUT2D eigenvalue weighted by Crippen LogP contribution is 2.35. The number of methoxy groups -OCH3 is 2. The third-order valence-corrected chi connectivity index (χ3v) is 4.02. The van der Waals surface area contributed by atoms with Crippen molar-refractivity contribution in [2.24, 2.45) is 0 Å². The summed E-state index contributed by atoms with van der Waals surface area (Å²) in [6.45, 7) is 0.965. The molecule has 0 radical (unpaired) electrons. The molecule has 2 aromatic carbocycles. The molecular weight excluding hydrogens is 274 g/mol. The van der Waals surface area contributed by atoms with Gasteiger partial charge in [-0.25, -0.2) is 0 Å². The summed E-state index contributed by atoms with van der Waals surface area (Å²) in [5.41, 5.74) is 3.78. The Labute approximate surface area is 131 Å². The maximum Gasteiger partial charge on any atom is 0.161 e. The van der Waals surface area contributed by atoms with Gasteiger partial charge in [-0.05, 0) is 35.2 Å². The number of benzene rings is 2. The monoisotopic (exact) mass is 295 g/mol. The van der Waals surface area contributed by atoms with E-state index in [9.17, 15) is 0 Å². The molecule has 0 bridgehead atoms. The molecule has 0 spiro atoms. The van der Waals surface area contributed by atoms with Crippen molar-refractivity contribution in [3.05, 3.63) is 65.2 Å². The van der Waals surface area contributed by atoms with E-state index in [-0.39, 0.29) is 6.04 Å². The lowest BCUT2D eigenvalue weighted by atomic mass is 9.93.